The largest absolute Gasteiger partial charge is 0.355 e. The van der Waals surface area contributed by atoms with Crippen molar-refractivity contribution in [3.8, 4) is 5.69 Å². The third-order valence-corrected chi connectivity index (χ3v) is 4.51. The van der Waals surface area contributed by atoms with Crippen LogP contribution in [0.25, 0.3) is 5.69 Å². The Kier molecular flexibility index (Phi) is 7.70. The molecule has 1 atom stereocenters. The maximum absolute atomic E-state index is 13.9. The van der Waals surface area contributed by atoms with Gasteiger partial charge in [0.1, 0.15) is 11.5 Å². The Hall–Kier alpha value is -2.03. The zero-order valence-corrected chi connectivity index (χ0v) is 15.7. The van der Waals surface area contributed by atoms with Crippen molar-refractivity contribution in [1.29, 1.82) is 0 Å². The minimum atomic E-state index is -0.658. The smallest absolute Gasteiger partial charge is 0.224 e. The fourth-order valence-corrected chi connectivity index (χ4v) is 3.23. The van der Waals surface area contributed by atoms with Gasteiger partial charge in [-0.3, -0.25) is 9.69 Å². The SMILES string of the molecule is Cl.NCCNC(=O)C1CCCN(Cc2ccn(-c3ccc(F)cc3F)n2)C1. The molecule has 1 fully saturated rings. The van der Waals surface area contributed by atoms with Gasteiger partial charge in [-0.25, -0.2) is 13.5 Å². The van der Waals surface area contributed by atoms with Crippen LogP contribution in [0.2, 0.25) is 0 Å². The molecule has 0 radical (unpaired) electrons. The molecule has 0 spiro atoms. The number of halogens is 3. The Labute approximate surface area is 163 Å². The molecule has 1 amide bonds. The summed E-state index contributed by atoms with van der Waals surface area (Å²) in [6.07, 6.45) is 3.46. The number of carbonyl (C=O) groups excluding carboxylic acids is 1. The molecule has 2 aromatic rings. The number of nitrogens with one attached hydrogen (secondary N) is 1. The monoisotopic (exact) mass is 399 g/mol. The number of amides is 1. The summed E-state index contributed by atoms with van der Waals surface area (Å²) in [6.45, 7) is 3.05. The van der Waals surface area contributed by atoms with Crippen molar-refractivity contribution in [1.82, 2.24) is 20.0 Å². The number of hydrogen-bond acceptors (Lipinski definition) is 4. The van der Waals surface area contributed by atoms with Gasteiger partial charge in [0.05, 0.1) is 11.6 Å². The number of benzene rings is 1. The summed E-state index contributed by atoms with van der Waals surface area (Å²) in [5.74, 6) is -1.29. The third-order valence-electron chi connectivity index (χ3n) is 4.51. The van der Waals surface area contributed by atoms with Crippen LogP contribution in [-0.4, -0.2) is 46.8 Å². The molecule has 2 heterocycles. The topological polar surface area (TPSA) is 76.2 Å². The van der Waals surface area contributed by atoms with E-state index in [1.54, 1.807) is 12.3 Å². The molecule has 0 aliphatic carbocycles. The van der Waals surface area contributed by atoms with Crippen molar-refractivity contribution in [2.45, 2.75) is 19.4 Å². The molecular formula is C18H24ClF2N5O. The van der Waals surface area contributed by atoms with Crippen LogP contribution in [0.4, 0.5) is 8.78 Å². The van der Waals surface area contributed by atoms with Gasteiger partial charge in [-0.15, -0.1) is 12.4 Å². The number of piperidine rings is 1. The van der Waals surface area contributed by atoms with Crippen LogP contribution < -0.4 is 11.1 Å². The van der Waals surface area contributed by atoms with Crippen molar-refractivity contribution >= 4 is 18.3 Å². The minimum Gasteiger partial charge on any atom is -0.355 e. The summed E-state index contributed by atoms with van der Waals surface area (Å²) in [7, 11) is 0. The summed E-state index contributed by atoms with van der Waals surface area (Å²) in [5.41, 5.74) is 6.40. The Morgan fingerprint density at radius 1 is 1.33 bits per heavy atom. The van der Waals surface area contributed by atoms with E-state index < -0.39 is 11.6 Å². The molecule has 6 nitrogen and oxygen atoms in total. The molecule has 3 rings (SSSR count). The number of nitrogens with zero attached hydrogens (tertiary/aromatic N) is 3. The lowest BCUT2D eigenvalue weighted by Gasteiger charge is -2.31. The molecule has 1 aromatic carbocycles. The summed E-state index contributed by atoms with van der Waals surface area (Å²) >= 11 is 0. The highest BCUT2D eigenvalue weighted by atomic mass is 35.5. The highest BCUT2D eigenvalue weighted by Crippen LogP contribution is 2.19. The standard InChI is InChI=1S/C18H23F2N5O.ClH/c19-14-3-4-17(16(20)10-14)25-9-5-15(23-25)12-24-8-1-2-13(11-24)18(26)22-7-6-21;/h3-5,9-10,13H,1-2,6-8,11-12,21H2,(H,22,26);1H. The highest BCUT2D eigenvalue weighted by molar-refractivity contribution is 5.85. The van der Waals surface area contributed by atoms with Crippen LogP contribution in [0.3, 0.4) is 0 Å². The van der Waals surface area contributed by atoms with Gasteiger partial charge in [-0.1, -0.05) is 0 Å². The molecule has 9 heteroatoms. The molecule has 27 heavy (non-hydrogen) atoms. The van der Waals surface area contributed by atoms with E-state index in [1.165, 1.54) is 16.8 Å². The van der Waals surface area contributed by atoms with Gasteiger partial charge in [0.15, 0.2) is 5.82 Å². The highest BCUT2D eigenvalue weighted by Gasteiger charge is 2.25. The first-order valence-corrected chi connectivity index (χ1v) is 8.77. The molecule has 1 aliphatic rings. The number of carbonyl (C=O) groups is 1. The Morgan fingerprint density at radius 2 is 2.15 bits per heavy atom. The zero-order valence-electron chi connectivity index (χ0n) is 14.9. The lowest BCUT2D eigenvalue weighted by atomic mass is 9.97. The van der Waals surface area contributed by atoms with Gasteiger partial charge in [0, 0.05) is 38.4 Å². The second-order valence-electron chi connectivity index (χ2n) is 6.50. The van der Waals surface area contributed by atoms with Gasteiger partial charge >= 0.3 is 0 Å². The Morgan fingerprint density at radius 3 is 2.89 bits per heavy atom. The molecule has 0 bridgehead atoms. The first-order valence-electron chi connectivity index (χ1n) is 8.77. The van der Waals surface area contributed by atoms with E-state index in [4.69, 9.17) is 5.73 Å². The second kappa shape index (κ2) is 9.77. The van der Waals surface area contributed by atoms with E-state index in [0.717, 1.165) is 31.1 Å². The van der Waals surface area contributed by atoms with E-state index >= 15 is 0 Å². The van der Waals surface area contributed by atoms with E-state index in [0.29, 0.717) is 26.2 Å². The van der Waals surface area contributed by atoms with Gasteiger partial charge in [0.2, 0.25) is 5.91 Å². The normalized spacial score (nSPS) is 17.4. The molecule has 0 saturated carbocycles. The first-order chi connectivity index (χ1) is 12.6. The predicted octanol–water partition coefficient (Wildman–Crippen LogP) is 1.86. The quantitative estimate of drug-likeness (QED) is 0.777. The average molecular weight is 400 g/mol. The molecule has 3 N–H and O–H groups in total. The maximum Gasteiger partial charge on any atom is 0.224 e. The van der Waals surface area contributed by atoms with Crippen LogP contribution >= 0.6 is 12.4 Å². The van der Waals surface area contributed by atoms with Gasteiger partial charge in [-0.2, -0.15) is 5.10 Å². The van der Waals surface area contributed by atoms with E-state index in [-0.39, 0.29) is 29.9 Å². The van der Waals surface area contributed by atoms with Gasteiger partial charge < -0.3 is 11.1 Å². The Bertz CT molecular complexity index is 770. The van der Waals surface area contributed by atoms with E-state index in [1.807, 2.05) is 0 Å². The molecule has 1 aromatic heterocycles. The number of nitrogens with two attached hydrogens (primary N) is 1. The molecule has 1 aliphatic heterocycles. The van der Waals surface area contributed by atoms with Crippen molar-refractivity contribution in [2.24, 2.45) is 11.7 Å². The van der Waals surface area contributed by atoms with Gasteiger partial charge in [0.25, 0.3) is 0 Å². The fourth-order valence-electron chi connectivity index (χ4n) is 3.23. The average Bonchev–Trinajstić information content (AvgIpc) is 3.08. The fraction of sp³-hybridized carbons (Fsp3) is 0.444. The number of aromatic nitrogens is 2. The van der Waals surface area contributed by atoms with Crippen molar-refractivity contribution in [3.63, 3.8) is 0 Å². The number of likely N-dealkylation sites (tertiary alicyclic amines) is 1. The first kappa shape index (κ1) is 21.3. The number of hydrogen-bond donors (Lipinski definition) is 2. The summed E-state index contributed by atoms with van der Waals surface area (Å²) in [5, 5.41) is 7.22. The summed E-state index contributed by atoms with van der Waals surface area (Å²) < 4.78 is 28.3. The molecule has 1 saturated heterocycles. The van der Waals surface area contributed by atoms with Gasteiger partial charge in [-0.05, 0) is 37.6 Å². The van der Waals surface area contributed by atoms with E-state index in [2.05, 4.69) is 15.3 Å². The van der Waals surface area contributed by atoms with Crippen LogP contribution in [0.15, 0.2) is 30.5 Å². The zero-order chi connectivity index (χ0) is 18.5. The van der Waals surface area contributed by atoms with Crippen LogP contribution in [-0.2, 0) is 11.3 Å². The molecule has 148 valence electrons. The lowest BCUT2D eigenvalue weighted by molar-refractivity contribution is -0.126. The second-order valence-corrected chi connectivity index (χ2v) is 6.50. The van der Waals surface area contributed by atoms with Crippen LogP contribution in [0.5, 0.6) is 0 Å². The lowest BCUT2D eigenvalue weighted by Crippen LogP contribution is -2.43. The van der Waals surface area contributed by atoms with Crippen molar-refractivity contribution in [3.05, 3.63) is 47.8 Å². The summed E-state index contributed by atoms with van der Waals surface area (Å²) in [4.78, 5) is 14.3. The van der Waals surface area contributed by atoms with Crippen LogP contribution in [0, 0.1) is 17.6 Å². The van der Waals surface area contributed by atoms with E-state index in [9.17, 15) is 13.6 Å². The Balaban J connectivity index is 0.00000261. The minimum absolute atomic E-state index is 0. The predicted molar refractivity (Wildman–Crippen MR) is 101 cm³/mol. The molecular weight excluding hydrogens is 376 g/mol. The van der Waals surface area contributed by atoms with Crippen molar-refractivity contribution in [2.75, 3.05) is 26.2 Å². The van der Waals surface area contributed by atoms with Crippen LogP contribution in [0.1, 0.15) is 18.5 Å². The van der Waals surface area contributed by atoms with Crippen molar-refractivity contribution < 1.29 is 13.6 Å². The summed E-state index contributed by atoms with van der Waals surface area (Å²) in [6, 6.07) is 5.21. The number of rotatable bonds is 6. The third kappa shape index (κ3) is 5.47. The molecule has 1 unspecified atom stereocenters. The maximum atomic E-state index is 13.9.